The van der Waals surface area contributed by atoms with Crippen LogP contribution in [0.1, 0.15) is 30.4 Å². The third kappa shape index (κ3) is 3.69. The van der Waals surface area contributed by atoms with Gasteiger partial charge in [0.25, 0.3) is 0 Å². The molecule has 2 heterocycles. The van der Waals surface area contributed by atoms with Gasteiger partial charge in [0.1, 0.15) is 0 Å². The Morgan fingerprint density at radius 3 is 2.57 bits per heavy atom. The highest BCUT2D eigenvalue weighted by molar-refractivity contribution is 5.59. The predicted molar refractivity (Wildman–Crippen MR) is 84.7 cm³/mol. The van der Waals surface area contributed by atoms with Crippen LogP contribution in [0, 0.1) is 0 Å². The zero-order chi connectivity index (χ0) is 14.5. The van der Waals surface area contributed by atoms with Crippen LogP contribution in [0.3, 0.4) is 0 Å². The molecule has 1 aromatic heterocycles. The van der Waals surface area contributed by atoms with Crippen LogP contribution in [-0.2, 0) is 13.2 Å². The molecule has 2 aromatic rings. The highest BCUT2D eigenvalue weighted by Crippen LogP contribution is 2.19. The lowest BCUT2D eigenvalue weighted by Crippen LogP contribution is -2.29. The molecule has 0 saturated carbocycles. The van der Waals surface area contributed by atoms with E-state index < -0.39 is 0 Å². The van der Waals surface area contributed by atoms with E-state index in [1.165, 1.54) is 37.9 Å². The van der Waals surface area contributed by atoms with Crippen molar-refractivity contribution < 1.29 is 5.11 Å². The number of benzene rings is 1. The Balaban J connectivity index is 1.70. The summed E-state index contributed by atoms with van der Waals surface area (Å²) in [4.78, 5) is 7.09. The van der Waals surface area contributed by atoms with Gasteiger partial charge in [0.15, 0.2) is 0 Å². The molecule has 0 spiro atoms. The lowest BCUT2D eigenvalue weighted by atomic mass is 10.1. The summed E-state index contributed by atoms with van der Waals surface area (Å²) in [5, 5.41) is 9.21. The standard InChI is InChI=1S/C18H22N2O/c21-14-15-5-4-6-17(11-15)18-8-7-16(12-19-18)13-20-9-2-1-3-10-20/h4-8,11-12,21H,1-3,9-10,13-14H2. The van der Waals surface area contributed by atoms with Crippen molar-refractivity contribution in [2.75, 3.05) is 13.1 Å². The van der Waals surface area contributed by atoms with Crippen molar-refractivity contribution in [2.45, 2.75) is 32.4 Å². The first-order valence-electron chi connectivity index (χ1n) is 7.72. The lowest BCUT2D eigenvalue weighted by Gasteiger charge is -2.26. The van der Waals surface area contributed by atoms with Crippen LogP contribution >= 0.6 is 0 Å². The van der Waals surface area contributed by atoms with E-state index in [9.17, 15) is 5.11 Å². The van der Waals surface area contributed by atoms with E-state index in [-0.39, 0.29) is 6.61 Å². The molecule has 0 bridgehead atoms. The summed E-state index contributed by atoms with van der Waals surface area (Å²) in [5.74, 6) is 0. The minimum Gasteiger partial charge on any atom is -0.392 e. The maximum Gasteiger partial charge on any atom is 0.0702 e. The molecule has 1 saturated heterocycles. The molecule has 3 heteroatoms. The SMILES string of the molecule is OCc1cccc(-c2ccc(CN3CCCCC3)cn2)c1. The molecule has 1 aromatic carbocycles. The number of aromatic nitrogens is 1. The number of nitrogens with zero attached hydrogens (tertiary/aromatic N) is 2. The van der Waals surface area contributed by atoms with Gasteiger partial charge in [0, 0.05) is 18.3 Å². The van der Waals surface area contributed by atoms with E-state index >= 15 is 0 Å². The molecule has 3 rings (SSSR count). The second kappa shape index (κ2) is 6.83. The van der Waals surface area contributed by atoms with Crippen molar-refractivity contribution in [3.05, 3.63) is 53.7 Å². The van der Waals surface area contributed by atoms with E-state index in [0.29, 0.717) is 0 Å². The van der Waals surface area contributed by atoms with E-state index in [0.717, 1.165) is 23.4 Å². The third-order valence-corrected chi connectivity index (χ3v) is 4.08. The van der Waals surface area contributed by atoms with Crippen LogP contribution < -0.4 is 0 Å². The van der Waals surface area contributed by atoms with E-state index in [2.05, 4.69) is 22.0 Å². The van der Waals surface area contributed by atoms with Crippen molar-refractivity contribution in [1.82, 2.24) is 9.88 Å². The first-order chi connectivity index (χ1) is 10.3. The highest BCUT2D eigenvalue weighted by Gasteiger charge is 2.10. The molecule has 3 nitrogen and oxygen atoms in total. The van der Waals surface area contributed by atoms with Crippen LogP contribution in [-0.4, -0.2) is 28.1 Å². The Hall–Kier alpha value is -1.71. The number of aliphatic hydroxyl groups is 1. The summed E-state index contributed by atoms with van der Waals surface area (Å²) in [5.41, 5.74) is 4.23. The Kier molecular flexibility index (Phi) is 4.63. The molecule has 110 valence electrons. The van der Waals surface area contributed by atoms with Crippen molar-refractivity contribution >= 4 is 0 Å². The second-order valence-corrected chi connectivity index (χ2v) is 5.75. The Morgan fingerprint density at radius 2 is 1.86 bits per heavy atom. The minimum atomic E-state index is 0.0703. The normalized spacial score (nSPS) is 16.0. The molecule has 1 aliphatic heterocycles. The fourth-order valence-electron chi connectivity index (χ4n) is 2.89. The largest absolute Gasteiger partial charge is 0.392 e. The predicted octanol–water partition coefficient (Wildman–Crippen LogP) is 3.23. The summed E-state index contributed by atoms with van der Waals surface area (Å²) in [6.07, 6.45) is 5.99. The highest BCUT2D eigenvalue weighted by atomic mass is 16.3. The molecule has 0 amide bonds. The molecular weight excluding hydrogens is 260 g/mol. The number of aliphatic hydroxyl groups excluding tert-OH is 1. The van der Waals surface area contributed by atoms with Crippen molar-refractivity contribution in [2.24, 2.45) is 0 Å². The second-order valence-electron chi connectivity index (χ2n) is 5.75. The summed E-state index contributed by atoms with van der Waals surface area (Å²) in [7, 11) is 0. The molecule has 0 unspecified atom stereocenters. The molecular formula is C18H22N2O. The quantitative estimate of drug-likeness (QED) is 0.935. The van der Waals surface area contributed by atoms with Crippen LogP contribution in [0.4, 0.5) is 0 Å². The van der Waals surface area contributed by atoms with Crippen molar-refractivity contribution in [3.8, 4) is 11.3 Å². The minimum absolute atomic E-state index is 0.0703. The molecule has 0 aliphatic carbocycles. The van der Waals surface area contributed by atoms with Gasteiger partial charge in [-0.1, -0.05) is 30.7 Å². The van der Waals surface area contributed by atoms with Gasteiger partial charge in [0.05, 0.1) is 12.3 Å². The smallest absolute Gasteiger partial charge is 0.0702 e. The maximum absolute atomic E-state index is 9.21. The molecule has 1 fully saturated rings. The maximum atomic E-state index is 9.21. The summed E-state index contributed by atoms with van der Waals surface area (Å²) < 4.78 is 0. The topological polar surface area (TPSA) is 36.4 Å². The van der Waals surface area contributed by atoms with E-state index in [1.807, 2.05) is 30.5 Å². The summed E-state index contributed by atoms with van der Waals surface area (Å²) >= 11 is 0. The average Bonchev–Trinajstić information content (AvgIpc) is 2.56. The van der Waals surface area contributed by atoms with E-state index in [1.54, 1.807) is 0 Å². The Labute approximate surface area is 126 Å². The molecule has 1 N–H and O–H groups in total. The van der Waals surface area contributed by atoms with Gasteiger partial charge in [-0.25, -0.2) is 0 Å². The van der Waals surface area contributed by atoms with Crippen LogP contribution in [0.2, 0.25) is 0 Å². The Morgan fingerprint density at radius 1 is 1.00 bits per heavy atom. The number of hydrogen-bond acceptors (Lipinski definition) is 3. The van der Waals surface area contributed by atoms with Crippen LogP contribution in [0.15, 0.2) is 42.6 Å². The van der Waals surface area contributed by atoms with Crippen molar-refractivity contribution in [1.29, 1.82) is 0 Å². The van der Waals surface area contributed by atoms with Crippen LogP contribution in [0.5, 0.6) is 0 Å². The molecule has 1 aliphatic rings. The number of likely N-dealkylation sites (tertiary alicyclic amines) is 1. The van der Waals surface area contributed by atoms with Gasteiger partial charge in [-0.15, -0.1) is 0 Å². The van der Waals surface area contributed by atoms with Crippen molar-refractivity contribution in [3.63, 3.8) is 0 Å². The fourth-order valence-corrected chi connectivity index (χ4v) is 2.89. The first-order valence-corrected chi connectivity index (χ1v) is 7.72. The van der Waals surface area contributed by atoms with E-state index in [4.69, 9.17) is 0 Å². The van der Waals surface area contributed by atoms with Gasteiger partial charge in [-0.3, -0.25) is 9.88 Å². The lowest BCUT2D eigenvalue weighted by molar-refractivity contribution is 0.220. The van der Waals surface area contributed by atoms with Gasteiger partial charge in [-0.05, 0) is 49.2 Å². The van der Waals surface area contributed by atoms with Gasteiger partial charge in [-0.2, -0.15) is 0 Å². The van der Waals surface area contributed by atoms with Gasteiger partial charge < -0.3 is 5.11 Å². The number of hydrogen-bond donors (Lipinski definition) is 1. The monoisotopic (exact) mass is 282 g/mol. The number of piperidine rings is 1. The zero-order valence-electron chi connectivity index (χ0n) is 12.3. The Bertz CT molecular complexity index is 574. The summed E-state index contributed by atoms with van der Waals surface area (Å²) in [6, 6.07) is 12.2. The third-order valence-electron chi connectivity index (χ3n) is 4.08. The van der Waals surface area contributed by atoms with Crippen LogP contribution in [0.25, 0.3) is 11.3 Å². The summed E-state index contributed by atoms with van der Waals surface area (Å²) in [6.45, 7) is 3.49. The number of rotatable bonds is 4. The molecule has 21 heavy (non-hydrogen) atoms. The van der Waals surface area contributed by atoms with Gasteiger partial charge in [0.2, 0.25) is 0 Å². The molecule has 0 atom stereocenters. The number of pyridine rings is 1. The first kappa shape index (κ1) is 14.2. The zero-order valence-corrected chi connectivity index (χ0v) is 12.3. The molecule has 0 radical (unpaired) electrons. The van der Waals surface area contributed by atoms with Gasteiger partial charge >= 0.3 is 0 Å². The fraction of sp³-hybridized carbons (Fsp3) is 0.389. The average molecular weight is 282 g/mol.